The van der Waals surface area contributed by atoms with Crippen molar-refractivity contribution in [2.24, 2.45) is 0 Å². The minimum absolute atomic E-state index is 0.767. The van der Waals surface area contributed by atoms with Gasteiger partial charge in [0.05, 0.1) is 0 Å². The van der Waals surface area contributed by atoms with Crippen molar-refractivity contribution in [2.75, 3.05) is 6.67 Å². The van der Waals surface area contributed by atoms with Gasteiger partial charge in [-0.2, -0.15) is 0 Å². The molecule has 0 spiro atoms. The number of ether oxygens (including phenoxy) is 4. The maximum absolute atomic E-state index is 13.0. The van der Waals surface area contributed by atoms with E-state index < -0.39 is 55.3 Å². The lowest BCUT2D eigenvalue weighted by Gasteiger charge is -2.42. The Kier molecular flexibility index (Phi) is 6.03. The van der Waals surface area contributed by atoms with E-state index >= 15 is 0 Å². The van der Waals surface area contributed by atoms with Crippen molar-refractivity contribution in [3.63, 3.8) is 0 Å². The monoisotopic (exact) mass is 308 g/mol. The van der Waals surface area contributed by atoms with Crippen LogP contribution in [0.2, 0.25) is 0 Å². The quantitative estimate of drug-likeness (QED) is 0.545. The molecule has 21 heavy (non-hydrogen) atoms. The molecule has 0 amide bonds. The fourth-order valence-electron chi connectivity index (χ4n) is 2.00. The van der Waals surface area contributed by atoms with Crippen LogP contribution >= 0.6 is 0 Å². The number of hydrogen-bond acceptors (Lipinski definition) is 8. The van der Waals surface area contributed by atoms with E-state index in [1.54, 1.807) is 0 Å². The van der Waals surface area contributed by atoms with Crippen LogP contribution in [0.15, 0.2) is 0 Å². The van der Waals surface area contributed by atoms with E-state index in [4.69, 9.17) is 18.9 Å². The molecule has 1 saturated heterocycles. The summed E-state index contributed by atoms with van der Waals surface area (Å²) in [5.41, 5.74) is 0. The van der Waals surface area contributed by atoms with Crippen LogP contribution in [0.3, 0.4) is 0 Å². The van der Waals surface area contributed by atoms with Gasteiger partial charge in [0.25, 0.3) is 0 Å². The van der Waals surface area contributed by atoms with E-state index in [0.29, 0.717) is 0 Å². The smallest absolute Gasteiger partial charge is 0.303 e. The first kappa shape index (κ1) is 17.3. The van der Waals surface area contributed by atoms with Gasteiger partial charge in [-0.25, -0.2) is 4.39 Å². The van der Waals surface area contributed by atoms with Crippen LogP contribution < -0.4 is 0 Å². The molecule has 0 aliphatic carbocycles. The van der Waals surface area contributed by atoms with Gasteiger partial charge in [0, 0.05) is 20.8 Å². The summed E-state index contributed by atoms with van der Waals surface area (Å²) in [6.07, 6.45) is -7.21. The molecule has 0 aromatic heterocycles. The average Bonchev–Trinajstić information content (AvgIpc) is 2.35. The predicted octanol–water partition coefficient (Wildman–Crippen LogP) is -0.532. The number of aliphatic hydroxyl groups excluding tert-OH is 1. The molecule has 1 fully saturated rings. The molecule has 1 heterocycles. The van der Waals surface area contributed by atoms with Gasteiger partial charge in [0.2, 0.25) is 0 Å². The molecule has 1 aliphatic rings. The molecule has 1 N–H and O–H groups in total. The summed E-state index contributed by atoms with van der Waals surface area (Å²) in [5.74, 6) is -2.32. The summed E-state index contributed by atoms with van der Waals surface area (Å²) in [4.78, 5) is 33.3. The summed E-state index contributed by atoms with van der Waals surface area (Å²) in [6.45, 7) is 2.12. The van der Waals surface area contributed by atoms with Crippen molar-refractivity contribution in [3.8, 4) is 0 Å². The Balaban J connectivity index is 3.08. The fraction of sp³-hybridized carbons (Fsp3) is 0.750. The van der Waals surface area contributed by atoms with Crippen LogP contribution in [0.25, 0.3) is 0 Å². The number of rotatable bonds is 4. The first-order chi connectivity index (χ1) is 9.76. The molecule has 1 unspecified atom stereocenters. The van der Waals surface area contributed by atoms with E-state index in [9.17, 15) is 23.9 Å². The Morgan fingerprint density at radius 1 is 0.952 bits per heavy atom. The lowest BCUT2D eigenvalue weighted by Crippen LogP contribution is -2.61. The minimum atomic E-state index is -1.72. The van der Waals surface area contributed by atoms with Crippen LogP contribution in [0.1, 0.15) is 20.8 Å². The fourth-order valence-corrected chi connectivity index (χ4v) is 2.00. The van der Waals surface area contributed by atoms with E-state index in [1.165, 1.54) is 0 Å². The second-order valence-corrected chi connectivity index (χ2v) is 4.44. The second kappa shape index (κ2) is 7.32. The first-order valence-corrected chi connectivity index (χ1v) is 6.17. The highest BCUT2D eigenvalue weighted by atomic mass is 19.1. The molecular formula is C12H17FO8. The average molecular weight is 308 g/mol. The van der Waals surface area contributed by atoms with E-state index in [1.807, 2.05) is 0 Å². The predicted molar refractivity (Wildman–Crippen MR) is 63.5 cm³/mol. The van der Waals surface area contributed by atoms with Crippen LogP contribution in [-0.4, -0.2) is 60.4 Å². The molecular weight excluding hydrogens is 291 g/mol. The number of carbonyl (C=O) groups excluding carboxylic acids is 3. The van der Waals surface area contributed by atoms with Crippen LogP contribution in [-0.2, 0) is 33.3 Å². The Labute approximate surface area is 120 Å². The minimum Gasteiger partial charge on any atom is -0.456 e. The molecule has 0 radical (unpaired) electrons. The van der Waals surface area contributed by atoms with Gasteiger partial charge < -0.3 is 24.1 Å². The molecule has 1 aliphatic heterocycles. The Morgan fingerprint density at radius 3 is 1.81 bits per heavy atom. The SMILES string of the molecule is CC(=O)O[C@@H]1[C@H](OC(C)=O)[C@H](CF)OC(O)[C@@H]1OC(C)=O. The van der Waals surface area contributed by atoms with Gasteiger partial charge >= 0.3 is 17.9 Å². The summed E-state index contributed by atoms with van der Waals surface area (Å²) < 4.78 is 32.5. The zero-order valence-electron chi connectivity index (χ0n) is 11.8. The van der Waals surface area contributed by atoms with Crippen molar-refractivity contribution in [1.29, 1.82) is 0 Å². The summed E-state index contributed by atoms with van der Waals surface area (Å²) in [5, 5.41) is 9.76. The third-order valence-electron chi connectivity index (χ3n) is 2.67. The lowest BCUT2D eigenvalue weighted by atomic mass is 9.98. The maximum atomic E-state index is 13.0. The second-order valence-electron chi connectivity index (χ2n) is 4.44. The number of aliphatic hydroxyl groups is 1. The van der Waals surface area contributed by atoms with Crippen LogP contribution in [0.5, 0.6) is 0 Å². The van der Waals surface area contributed by atoms with E-state index in [-0.39, 0.29) is 0 Å². The van der Waals surface area contributed by atoms with Crippen molar-refractivity contribution in [2.45, 2.75) is 51.5 Å². The van der Waals surface area contributed by atoms with Crippen molar-refractivity contribution < 1.29 is 42.8 Å². The highest BCUT2D eigenvalue weighted by Gasteiger charge is 2.51. The van der Waals surface area contributed by atoms with Crippen LogP contribution in [0.4, 0.5) is 4.39 Å². The Hall–Kier alpha value is -1.74. The van der Waals surface area contributed by atoms with Gasteiger partial charge in [0.1, 0.15) is 12.8 Å². The first-order valence-electron chi connectivity index (χ1n) is 6.17. The maximum Gasteiger partial charge on any atom is 0.303 e. The third kappa shape index (κ3) is 4.64. The van der Waals surface area contributed by atoms with E-state index in [0.717, 1.165) is 20.8 Å². The van der Waals surface area contributed by atoms with Gasteiger partial charge in [-0.15, -0.1) is 0 Å². The number of halogens is 1. The highest BCUT2D eigenvalue weighted by Crippen LogP contribution is 2.28. The number of carbonyl (C=O) groups is 3. The van der Waals surface area contributed by atoms with E-state index in [2.05, 4.69) is 0 Å². The zero-order chi connectivity index (χ0) is 16.2. The molecule has 9 heteroatoms. The molecule has 0 saturated carbocycles. The highest BCUT2D eigenvalue weighted by molar-refractivity contribution is 5.68. The normalized spacial score (nSPS) is 32.1. The topological polar surface area (TPSA) is 108 Å². The summed E-state index contributed by atoms with van der Waals surface area (Å²) in [7, 11) is 0. The molecule has 120 valence electrons. The standard InChI is InChI=1S/C12H17FO8/c1-5(14)18-9-8(4-13)21-12(17)11(20-7(3)16)10(9)19-6(2)15/h8-12,17H,4H2,1-3H3/t8-,9+,10+,11+,12?/m0/s1. The molecule has 0 aromatic rings. The zero-order valence-corrected chi connectivity index (χ0v) is 11.8. The van der Waals surface area contributed by atoms with Crippen molar-refractivity contribution >= 4 is 17.9 Å². The number of hydrogen-bond donors (Lipinski definition) is 1. The number of alkyl halides is 1. The molecule has 1 rings (SSSR count). The van der Waals surface area contributed by atoms with Gasteiger partial charge in [0.15, 0.2) is 24.6 Å². The molecule has 0 bridgehead atoms. The summed E-state index contributed by atoms with van der Waals surface area (Å²) in [6, 6.07) is 0. The van der Waals surface area contributed by atoms with Gasteiger partial charge in [-0.05, 0) is 0 Å². The molecule has 8 nitrogen and oxygen atoms in total. The van der Waals surface area contributed by atoms with Gasteiger partial charge in [-0.3, -0.25) is 14.4 Å². The van der Waals surface area contributed by atoms with Crippen molar-refractivity contribution in [1.82, 2.24) is 0 Å². The summed E-state index contributed by atoms with van der Waals surface area (Å²) >= 11 is 0. The van der Waals surface area contributed by atoms with Crippen molar-refractivity contribution in [3.05, 3.63) is 0 Å². The largest absolute Gasteiger partial charge is 0.456 e. The van der Waals surface area contributed by atoms with Gasteiger partial charge in [-0.1, -0.05) is 0 Å². The molecule has 0 aromatic carbocycles. The lowest BCUT2D eigenvalue weighted by molar-refractivity contribution is -0.292. The van der Waals surface area contributed by atoms with Crippen LogP contribution in [0, 0.1) is 0 Å². The Bertz CT molecular complexity index is 412. The third-order valence-corrected chi connectivity index (χ3v) is 2.67. The Morgan fingerprint density at radius 2 is 1.38 bits per heavy atom. The number of esters is 3. The molecule has 5 atom stereocenters.